The van der Waals surface area contributed by atoms with E-state index in [4.69, 9.17) is 4.52 Å². The van der Waals surface area contributed by atoms with Crippen LogP contribution in [0.2, 0.25) is 0 Å². The van der Waals surface area contributed by atoms with E-state index in [1.165, 1.54) is 19.3 Å². The Morgan fingerprint density at radius 2 is 1.92 bits per heavy atom. The summed E-state index contributed by atoms with van der Waals surface area (Å²) in [5.41, 5.74) is 0. The van der Waals surface area contributed by atoms with Crippen molar-refractivity contribution >= 4 is 7.37 Å². The van der Waals surface area contributed by atoms with Crippen LogP contribution < -0.4 is 0 Å². The zero-order valence-corrected chi connectivity index (χ0v) is 8.56. The summed E-state index contributed by atoms with van der Waals surface area (Å²) in [5.74, 6) is 1.48. The topological polar surface area (TPSA) is 26.3 Å². The van der Waals surface area contributed by atoms with Crippen LogP contribution in [0.5, 0.6) is 0 Å². The van der Waals surface area contributed by atoms with Gasteiger partial charge in [0.15, 0.2) is 0 Å². The van der Waals surface area contributed by atoms with Crippen LogP contribution in [-0.4, -0.2) is 18.9 Å². The molecule has 0 amide bonds. The third-order valence-corrected chi connectivity index (χ3v) is 5.99. The Hall–Kier alpha value is 0.190. The van der Waals surface area contributed by atoms with Crippen LogP contribution in [0, 0.1) is 11.8 Å². The SMILES string of the molecule is CCOP1(=O)CC2CCCC2C1. The number of rotatable bonds is 2. The predicted molar refractivity (Wildman–Crippen MR) is 49.8 cm³/mol. The summed E-state index contributed by atoms with van der Waals surface area (Å²) in [6.45, 7) is 2.56. The molecular weight excluding hydrogens is 171 g/mol. The molecule has 12 heavy (non-hydrogen) atoms. The van der Waals surface area contributed by atoms with E-state index in [2.05, 4.69) is 0 Å². The van der Waals surface area contributed by atoms with Crippen molar-refractivity contribution in [3.63, 3.8) is 0 Å². The van der Waals surface area contributed by atoms with Crippen LogP contribution in [0.1, 0.15) is 26.2 Å². The highest BCUT2D eigenvalue weighted by Crippen LogP contribution is 2.61. The average Bonchev–Trinajstić information content (AvgIpc) is 2.45. The maximum Gasteiger partial charge on any atom is 0.203 e. The molecular formula is C9H17O2P. The molecule has 0 N–H and O–H groups in total. The van der Waals surface area contributed by atoms with Crippen LogP contribution in [0.4, 0.5) is 0 Å². The molecule has 70 valence electrons. The standard InChI is InChI=1S/C9H17O2P/c1-2-11-12(10)6-8-4-3-5-9(8)7-12/h8-9H,2-7H2,1H3. The van der Waals surface area contributed by atoms with Gasteiger partial charge in [0.2, 0.25) is 7.37 Å². The summed E-state index contributed by atoms with van der Waals surface area (Å²) in [7, 11) is -2.15. The monoisotopic (exact) mass is 188 g/mol. The fraction of sp³-hybridized carbons (Fsp3) is 1.00. The lowest BCUT2D eigenvalue weighted by Gasteiger charge is -2.11. The average molecular weight is 188 g/mol. The second-order valence-corrected chi connectivity index (χ2v) is 6.67. The molecule has 0 aromatic heterocycles. The van der Waals surface area contributed by atoms with Gasteiger partial charge in [-0.15, -0.1) is 0 Å². The van der Waals surface area contributed by atoms with E-state index in [0.29, 0.717) is 6.61 Å². The van der Waals surface area contributed by atoms with Crippen molar-refractivity contribution in [3.8, 4) is 0 Å². The first kappa shape index (κ1) is 8.77. The summed E-state index contributed by atoms with van der Waals surface area (Å²) in [5, 5.41) is 0. The Kier molecular flexibility index (Phi) is 2.31. The summed E-state index contributed by atoms with van der Waals surface area (Å²) in [6, 6.07) is 0. The molecule has 1 saturated heterocycles. The minimum Gasteiger partial charge on any atom is -0.329 e. The van der Waals surface area contributed by atoms with Crippen molar-refractivity contribution in [2.75, 3.05) is 18.9 Å². The van der Waals surface area contributed by atoms with Gasteiger partial charge in [0, 0.05) is 12.3 Å². The molecule has 0 spiro atoms. The molecule has 0 aromatic rings. The quantitative estimate of drug-likeness (QED) is 0.623. The molecule has 2 nitrogen and oxygen atoms in total. The molecule has 3 heteroatoms. The van der Waals surface area contributed by atoms with Crippen molar-refractivity contribution in [1.82, 2.24) is 0 Å². The van der Waals surface area contributed by atoms with Crippen LogP contribution in [0.3, 0.4) is 0 Å². The van der Waals surface area contributed by atoms with Gasteiger partial charge in [-0.05, 0) is 31.6 Å². The highest BCUT2D eigenvalue weighted by Gasteiger charge is 2.44. The van der Waals surface area contributed by atoms with Gasteiger partial charge in [0.1, 0.15) is 0 Å². The normalized spacial score (nSPS) is 46.4. The van der Waals surface area contributed by atoms with E-state index in [9.17, 15) is 4.57 Å². The largest absolute Gasteiger partial charge is 0.329 e. The Morgan fingerprint density at radius 1 is 1.33 bits per heavy atom. The van der Waals surface area contributed by atoms with Crippen molar-refractivity contribution in [1.29, 1.82) is 0 Å². The van der Waals surface area contributed by atoms with E-state index >= 15 is 0 Å². The Labute approximate surface area is 74.1 Å². The van der Waals surface area contributed by atoms with Crippen molar-refractivity contribution < 1.29 is 9.09 Å². The lowest BCUT2D eigenvalue weighted by molar-refractivity contribution is 0.335. The van der Waals surface area contributed by atoms with Gasteiger partial charge >= 0.3 is 0 Å². The van der Waals surface area contributed by atoms with Gasteiger partial charge in [0.25, 0.3) is 0 Å². The molecule has 0 bridgehead atoms. The van der Waals surface area contributed by atoms with E-state index < -0.39 is 7.37 Å². The molecule has 2 atom stereocenters. The number of hydrogen-bond donors (Lipinski definition) is 0. The molecule has 2 rings (SSSR count). The summed E-state index contributed by atoms with van der Waals surface area (Å²) < 4.78 is 17.4. The second-order valence-electron chi connectivity index (χ2n) is 4.05. The molecule has 1 saturated carbocycles. The summed E-state index contributed by atoms with van der Waals surface area (Å²) in [4.78, 5) is 0. The predicted octanol–water partition coefficient (Wildman–Crippen LogP) is 2.73. The molecule has 2 fully saturated rings. The molecule has 0 aromatic carbocycles. The van der Waals surface area contributed by atoms with Gasteiger partial charge in [-0.2, -0.15) is 0 Å². The van der Waals surface area contributed by atoms with Crippen LogP contribution >= 0.6 is 7.37 Å². The van der Waals surface area contributed by atoms with Gasteiger partial charge in [-0.3, -0.25) is 4.57 Å². The van der Waals surface area contributed by atoms with Crippen molar-refractivity contribution in [2.24, 2.45) is 11.8 Å². The van der Waals surface area contributed by atoms with E-state index in [1.54, 1.807) is 0 Å². The van der Waals surface area contributed by atoms with Gasteiger partial charge in [-0.1, -0.05) is 6.42 Å². The lowest BCUT2D eigenvalue weighted by Crippen LogP contribution is -2.01. The zero-order chi connectivity index (χ0) is 8.60. The second kappa shape index (κ2) is 3.16. The number of fused-ring (bicyclic) bond motifs is 1. The van der Waals surface area contributed by atoms with Crippen LogP contribution in [-0.2, 0) is 9.09 Å². The maximum absolute atomic E-state index is 12.0. The highest BCUT2D eigenvalue weighted by atomic mass is 31.2. The molecule has 2 aliphatic rings. The van der Waals surface area contributed by atoms with Crippen molar-refractivity contribution in [2.45, 2.75) is 26.2 Å². The third-order valence-electron chi connectivity index (χ3n) is 3.21. The molecule has 2 unspecified atom stereocenters. The first-order chi connectivity index (χ1) is 5.73. The minimum absolute atomic E-state index is 0.622. The Bertz CT molecular complexity index is 199. The first-order valence-electron chi connectivity index (χ1n) is 4.96. The fourth-order valence-corrected chi connectivity index (χ4v) is 5.95. The first-order valence-corrected chi connectivity index (χ1v) is 6.95. The van der Waals surface area contributed by atoms with Gasteiger partial charge in [0.05, 0.1) is 6.61 Å². The van der Waals surface area contributed by atoms with Crippen molar-refractivity contribution in [3.05, 3.63) is 0 Å². The fourth-order valence-electron chi connectivity index (χ4n) is 2.72. The van der Waals surface area contributed by atoms with Gasteiger partial charge in [-0.25, -0.2) is 0 Å². The lowest BCUT2D eigenvalue weighted by atomic mass is 10.0. The summed E-state index contributed by atoms with van der Waals surface area (Å²) >= 11 is 0. The molecule has 1 aliphatic carbocycles. The minimum atomic E-state index is -2.15. The molecule has 1 heterocycles. The van der Waals surface area contributed by atoms with Gasteiger partial charge < -0.3 is 4.52 Å². The highest BCUT2D eigenvalue weighted by molar-refractivity contribution is 7.59. The zero-order valence-electron chi connectivity index (χ0n) is 7.66. The van der Waals surface area contributed by atoms with E-state index in [0.717, 1.165) is 24.2 Å². The maximum atomic E-state index is 12.0. The van der Waals surface area contributed by atoms with Crippen LogP contribution in [0.15, 0.2) is 0 Å². The molecule has 1 aliphatic heterocycles. The van der Waals surface area contributed by atoms with E-state index in [-0.39, 0.29) is 0 Å². The van der Waals surface area contributed by atoms with Crippen LogP contribution in [0.25, 0.3) is 0 Å². The number of hydrogen-bond acceptors (Lipinski definition) is 2. The molecule has 0 radical (unpaired) electrons. The Balaban J connectivity index is 2.02. The third kappa shape index (κ3) is 1.47. The smallest absolute Gasteiger partial charge is 0.203 e. The Morgan fingerprint density at radius 3 is 2.42 bits per heavy atom. The summed E-state index contributed by atoms with van der Waals surface area (Å²) in [6.07, 6.45) is 5.70. The van der Waals surface area contributed by atoms with E-state index in [1.807, 2.05) is 6.92 Å².